The molecule has 0 saturated carbocycles. The van der Waals surface area contributed by atoms with Gasteiger partial charge in [-0.25, -0.2) is 4.98 Å². The first kappa shape index (κ1) is 22.2. The van der Waals surface area contributed by atoms with Crippen molar-refractivity contribution >= 4 is 23.3 Å². The summed E-state index contributed by atoms with van der Waals surface area (Å²) in [6.07, 6.45) is 3.62. The van der Waals surface area contributed by atoms with Gasteiger partial charge in [-0.05, 0) is 43.5 Å². The zero-order valence-corrected chi connectivity index (χ0v) is 18.5. The van der Waals surface area contributed by atoms with Crippen molar-refractivity contribution in [1.82, 2.24) is 14.8 Å². The van der Waals surface area contributed by atoms with Gasteiger partial charge in [0.05, 0.1) is 30.9 Å². The highest BCUT2D eigenvalue weighted by Gasteiger charge is 2.28. The van der Waals surface area contributed by atoms with Crippen LogP contribution in [0.1, 0.15) is 28.8 Å². The van der Waals surface area contributed by atoms with E-state index in [1.54, 1.807) is 22.1 Å². The van der Waals surface area contributed by atoms with Crippen LogP contribution in [0.2, 0.25) is 0 Å². The van der Waals surface area contributed by atoms with Crippen molar-refractivity contribution in [2.75, 3.05) is 56.6 Å². The quantitative estimate of drug-likeness (QED) is 0.687. The summed E-state index contributed by atoms with van der Waals surface area (Å²) in [6, 6.07) is 11.6. The number of nitrogens with zero attached hydrogens (tertiary/aromatic N) is 4. The Kier molecular flexibility index (Phi) is 7.02. The summed E-state index contributed by atoms with van der Waals surface area (Å²) in [5.41, 5.74) is 2.15. The molecule has 0 unspecified atom stereocenters. The van der Waals surface area contributed by atoms with Gasteiger partial charge in [-0.2, -0.15) is 0 Å². The number of fused-ring (bicyclic) bond motifs is 1. The van der Waals surface area contributed by atoms with Crippen molar-refractivity contribution in [2.24, 2.45) is 5.92 Å². The van der Waals surface area contributed by atoms with E-state index < -0.39 is 0 Å². The molecule has 1 fully saturated rings. The average Bonchev–Trinajstić information content (AvgIpc) is 2.82. The Labute approximate surface area is 188 Å². The highest BCUT2D eigenvalue weighted by molar-refractivity contribution is 6.04. The lowest BCUT2D eigenvalue weighted by Gasteiger charge is -2.33. The van der Waals surface area contributed by atoms with E-state index in [2.05, 4.69) is 15.2 Å². The molecule has 0 atom stereocenters. The van der Waals surface area contributed by atoms with Crippen LogP contribution in [0.15, 0.2) is 42.6 Å². The van der Waals surface area contributed by atoms with Crippen LogP contribution in [-0.2, 0) is 11.3 Å². The molecule has 2 amide bonds. The van der Waals surface area contributed by atoms with Gasteiger partial charge in [-0.3, -0.25) is 9.59 Å². The second-order valence-corrected chi connectivity index (χ2v) is 8.61. The Balaban J connectivity index is 1.45. The number of aromatic nitrogens is 1. The first-order valence-corrected chi connectivity index (χ1v) is 11.2. The van der Waals surface area contributed by atoms with Crippen LogP contribution >= 0.6 is 0 Å². The van der Waals surface area contributed by atoms with Crippen molar-refractivity contribution in [3.63, 3.8) is 0 Å². The lowest BCUT2D eigenvalue weighted by atomic mass is 9.96. The van der Waals surface area contributed by atoms with Gasteiger partial charge in [-0.15, -0.1) is 0 Å². The van der Waals surface area contributed by atoms with Gasteiger partial charge < -0.3 is 25.1 Å². The van der Waals surface area contributed by atoms with Crippen molar-refractivity contribution in [1.29, 1.82) is 0 Å². The molecule has 32 heavy (non-hydrogen) atoms. The van der Waals surface area contributed by atoms with Crippen molar-refractivity contribution in [3.8, 4) is 0 Å². The number of likely N-dealkylation sites (tertiary alicyclic amines) is 1. The molecule has 2 aromatic rings. The fourth-order valence-corrected chi connectivity index (χ4v) is 4.47. The van der Waals surface area contributed by atoms with Gasteiger partial charge in [0.1, 0.15) is 0 Å². The Bertz CT molecular complexity index is 944. The number of nitrogens with one attached hydrogen (secondary N) is 1. The van der Waals surface area contributed by atoms with E-state index in [9.17, 15) is 9.59 Å². The molecule has 0 spiro atoms. The lowest BCUT2D eigenvalue weighted by molar-refractivity contribution is -0.117. The summed E-state index contributed by atoms with van der Waals surface area (Å²) in [4.78, 5) is 35.9. The summed E-state index contributed by atoms with van der Waals surface area (Å²) in [5, 5.41) is 12.2. The Morgan fingerprint density at radius 3 is 2.72 bits per heavy atom. The van der Waals surface area contributed by atoms with Gasteiger partial charge in [0.25, 0.3) is 5.91 Å². The monoisotopic (exact) mass is 437 g/mol. The molecule has 8 nitrogen and oxygen atoms in total. The highest BCUT2D eigenvalue weighted by Crippen LogP contribution is 2.30. The molecule has 1 aromatic heterocycles. The van der Waals surface area contributed by atoms with Crippen LogP contribution in [0.25, 0.3) is 0 Å². The van der Waals surface area contributed by atoms with Crippen molar-refractivity contribution < 1.29 is 14.7 Å². The average molecular weight is 438 g/mol. The Hall–Kier alpha value is -2.97. The predicted octanol–water partition coefficient (Wildman–Crippen LogP) is 1.82. The smallest absolute Gasteiger partial charge is 0.255 e. The molecule has 0 aliphatic carbocycles. The van der Waals surface area contributed by atoms with Gasteiger partial charge >= 0.3 is 0 Å². The third-order valence-corrected chi connectivity index (χ3v) is 6.30. The van der Waals surface area contributed by atoms with E-state index in [0.29, 0.717) is 42.6 Å². The fraction of sp³-hybridized carbons (Fsp3) is 0.458. The normalized spacial score (nSPS) is 17.1. The molecule has 2 aliphatic heterocycles. The second kappa shape index (κ2) is 10.1. The topological polar surface area (TPSA) is 89.0 Å². The minimum Gasteiger partial charge on any atom is -0.395 e. The number of aliphatic hydroxyl groups excluding tert-OH is 1. The number of carbonyl (C=O) groups excluding carboxylic acids is 2. The SMILES string of the molecule is CN(CC1CCN(CCO)CC1)C(=O)c1cnc2c(c1)N(Cc1ccccc1)C(=O)CN2. The standard InChI is InChI=1S/C24H31N5O3/c1-27(16-19-7-9-28(10-8-19)11-12-30)24(32)20-13-21-23(25-14-20)26-15-22(31)29(21)17-18-5-3-2-4-6-18/h2-6,13-14,19,30H,7-12,15-17H2,1H3,(H,25,26). The summed E-state index contributed by atoms with van der Waals surface area (Å²) in [6.45, 7) is 4.13. The van der Waals surface area contributed by atoms with Crippen LogP contribution < -0.4 is 10.2 Å². The Morgan fingerprint density at radius 1 is 1.25 bits per heavy atom. The minimum atomic E-state index is -0.0872. The zero-order chi connectivity index (χ0) is 22.5. The molecule has 8 heteroatoms. The summed E-state index contributed by atoms with van der Waals surface area (Å²) >= 11 is 0. The van der Waals surface area contributed by atoms with E-state index in [1.165, 1.54) is 0 Å². The maximum absolute atomic E-state index is 13.1. The third-order valence-electron chi connectivity index (χ3n) is 6.30. The summed E-state index contributed by atoms with van der Waals surface area (Å²) in [5.74, 6) is 0.935. The number of anilines is 2. The van der Waals surface area contributed by atoms with Gasteiger partial charge in [0.2, 0.25) is 5.91 Å². The van der Waals surface area contributed by atoms with E-state index in [1.807, 2.05) is 37.4 Å². The number of pyridine rings is 1. The summed E-state index contributed by atoms with van der Waals surface area (Å²) < 4.78 is 0. The van der Waals surface area contributed by atoms with Crippen LogP contribution in [0.4, 0.5) is 11.5 Å². The molecule has 0 radical (unpaired) electrons. The molecule has 1 aromatic carbocycles. The van der Waals surface area contributed by atoms with Gasteiger partial charge in [-0.1, -0.05) is 30.3 Å². The van der Waals surface area contributed by atoms with E-state index in [-0.39, 0.29) is 25.0 Å². The first-order chi connectivity index (χ1) is 15.5. The molecule has 170 valence electrons. The van der Waals surface area contributed by atoms with Crippen molar-refractivity contribution in [3.05, 3.63) is 53.7 Å². The lowest BCUT2D eigenvalue weighted by Crippen LogP contribution is -2.41. The largest absolute Gasteiger partial charge is 0.395 e. The second-order valence-electron chi connectivity index (χ2n) is 8.61. The number of amides is 2. The number of piperidine rings is 1. The third kappa shape index (κ3) is 5.08. The van der Waals surface area contributed by atoms with Gasteiger partial charge in [0.15, 0.2) is 5.82 Å². The number of carbonyl (C=O) groups is 2. The van der Waals surface area contributed by atoms with E-state index in [4.69, 9.17) is 5.11 Å². The number of hydrogen-bond acceptors (Lipinski definition) is 6. The fourth-order valence-electron chi connectivity index (χ4n) is 4.47. The molecule has 0 bridgehead atoms. The van der Waals surface area contributed by atoms with Crippen LogP contribution in [0.3, 0.4) is 0 Å². The molecule has 4 rings (SSSR count). The highest BCUT2D eigenvalue weighted by atomic mass is 16.3. The number of hydrogen-bond donors (Lipinski definition) is 2. The van der Waals surface area contributed by atoms with Crippen LogP contribution in [0.5, 0.6) is 0 Å². The molecule has 2 N–H and O–H groups in total. The Morgan fingerprint density at radius 2 is 2.00 bits per heavy atom. The molecule has 3 heterocycles. The van der Waals surface area contributed by atoms with Crippen LogP contribution in [0, 0.1) is 5.92 Å². The van der Waals surface area contributed by atoms with E-state index in [0.717, 1.165) is 31.5 Å². The van der Waals surface area contributed by atoms with Crippen LogP contribution in [-0.4, -0.2) is 78.1 Å². The maximum Gasteiger partial charge on any atom is 0.255 e. The number of β-amino-alcohol motifs (C(OH)–C–C–N with tert-alkyl or cyclic N) is 1. The zero-order valence-electron chi connectivity index (χ0n) is 18.5. The molecule has 2 aliphatic rings. The summed E-state index contributed by atoms with van der Waals surface area (Å²) in [7, 11) is 1.83. The molecule has 1 saturated heterocycles. The molecular formula is C24H31N5O3. The first-order valence-electron chi connectivity index (χ1n) is 11.2. The molecular weight excluding hydrogens is 406 g/mol. The minimum absolute atomic E-state index is 0.0456. The van der Waals surface area contributed by atoms with Gasteiger partial charge in [0, 0.05) is 26.3 Å². The number of aliphatic hydroxyl groups is 1. The number of benzene rings is 1. The number of rotatable bonds is 7. The maximum atomic E-state index is 13.1. The van der Waals surface area contributed by atoms with Crippen molar-refractivity contribution in [2.45, 2.75) is 19.4 Å². The van der Waals surface area contributed by atoms with E-state index >= 15 is 0 Å². The predicted molar refractivity (Wildman–Crippen MR) is 124 cm³/mol.